The molecule has 0 spiro atoms. The topological polar surface area (TPSA) is 66.0 Å². The molecule has 0 aliphatic rings. The minimum atomic E-state index is -0.966. The minimum absolute atomic E-state index is 0.813. The Morgan fingerprint density at radius 3 is 2.19 bits per heavy atom. The summed E-state index contributed by atoms with van der Waals surface area (Å²) in [6, 6.07) is 20.1. The summed E-state index contributed by atoms with van der Waals surface area (Å²) in [4.78, 5) is 20.2. The fourth-order valence-corrected chi connectivity index (χ4v) is 4.55. The van der Waals surface area contributed by atoms with Crippen molar-refractivity contribution in [2.45, 2.75) is 6.92 Å². The summed E-state index contributed by atoms with van der Waals surface area (Å²) < 4.78 is 1.05. The molecule has 0 atom stereocenters. The van der Waals surface area contributed by atoms with E-state index in [1.54, 1.807) is 17.4 Å². The third-order valence-corrected chi connectivity index (χ3v) is 6.30. The maximum absolute atomic E-state index is 10.8. The van der Waals surface area contributed by atoms with Gasteiger partial charge in [-0.1, -0.05) is 60.7 Å². The number of nitrogens with one attached hydrogen (secondary N) is 1. The molecule has 6 heteroatoms. The van der Waals surface area contributed by atoms with Gasteiger partial charge in [-0.25, -0.2) is 9.78 Å². The first-order chi connectivity index (χ1) is 15.0. The molecule has 0 radical (unpaired) electrons. The lowest BCUT2D eigenvalue weighted by molar-refractivity contribution is -0.131. The molecule has 2 N–H and O–H groups in total. The molecule has 0 fully saturated rings. The highest BCUT2D eigenvalue weighted by atomic mass is 79.9. The molecule has 4 rings (SSSR count). The number of allylic oxidation sites excluding steroid dienone is 1. The molecule has 2 aromatic heterocycles. The zero-order valence-electron chi connectivity index (χ0n) is 16.7. The maximum Gasteiger partial charge on any atom is 0.328 e. The highest BCUT2D eigenvalue weighted by Gasteiger charge is 2.16. The predicted octanol–water partition coefficient (Wildman–Crippen LogP) is 7.37. The number of aromatic amines is 1. The van der Waals surface area contributed by atoms with Crippen LogP contribution in [0, 0.1) is 0 Å². The largest absolute Gasteiger partial charge is 0.478 e. The minimum Gasteiger partial charge on any atom is -0.478 e. The quantitative estimate of drug-likeness (QED) is 0.277. The lowest BCUT2D eigenvalue weighted by Crippen LogP contribution is -1.87. The normalized spacial score (nSPS) is 11.5. The molecule has 0 amide bonds. The molecule has 4 aromatic rings. The zero-order valence-corrected chi connectivity index (χ0v) is 19.1. The summed E-state index contributed by atoms with van der Waals surface area (Å²) in [7, 11) is 0. The molecule has 0 saturated heterocycles. The summed E-state index contributed by atoms with van der Waals surface area (Å²) in [6.45, 7) is 2.00. The van der Waals surface area contributed by atoms with Crippen molar-refractivity contribution in [2.75, 3.05) is 0 Å². The molecule has 4 nitrogen and oxygen atoms in total. The first-order valence-corrected chi connectivity index (χ1v) is 11.2. The Morgan fingerprint density at radius 1 is 0.968 bits per heavy atom. The molecule has 0 aliphatic heterocycles. The summed E-state index contributed by atoms with van der Waals surface area (Å²) in [6.07, 6.45) is 6.79. The second kappa shape index (κ2) is 9.29. The van der Waals surface area contributed by atoms with Crippen LogP contribution in [-0.4, -0.2) is 21.0 Å². The third-order valence-electron chi connectivity index (χ3n) is 4.67. The van der Waals surface area contributed by atoms with Crippen LogP contribution in [0.5, 0.6) is 0 Å². The van der Waals surface area contributed by atoms with Crippen molar-refractivity contribution in [1.29, 1.82) is 0 Å². The summed E-state index contributed by atoms with van der Waals surface area (Å²) in [5, 5.41) is 8.83. The van der Waals surface area contributed by atoms with Gasteiger partial charge in [0.1, 0.15) is 5.82 Å². The number of hydrogen-bond donors (Lipinski definition) is 2. The van der Waals surface area contributed by atoms with Gasteiger partial charge in [0.05, 0.1) is 20.1 Å². The van der Waals surface area contributed by atoms with Gasteiger partial charge in [0.25, 0.3) is 0 Å². The zero-order chi connectivity index (χ0) is 21.8. The number of H-pyrrole nitrogens is 1. The number of carbonyl (C=O) groups is 1. The Hall–Kier alpha value is -3.22. The number of carboxylic acid groups (broad SMARTS) is 1. The lowest BCUT2D eigenvalue weighted by Gasteiger charge is -2.05. The van der Waals surface area contributed by atoms with Crippen LogP contribution in [0.1, 0.15) is 18.1 Å². The van der Waals surface area contributed by atoms with E-state index in [2.05, 4.69) is 51.3 Å². The Labute approximate surface area is 192 Å². The van der Waals surface area contributed by atoms with E-state index in [0.717, 1.165) is 54.2 Å². The van der Waals surface area contributed by atoms with E-state index >= 15 is 0 Å². The first kappa shape index (κ1) is 21.0. The molecule has 2 aromatic carbocycles. The van der Waals surface area contributed by atoms with Crippen molar-refractivity contribution in [1.82, 2.24) is 9.97 Å². The molecule has 0 saturated carbocycles. The van der Waals surface area contributed by atoms with Gasteiger partial charge in [0, 0.05) is 17.2 Å². The Bertz CT molecular complexity index is 1270. The van der Waals surface area contributed by atoms with Crippen molar-refractivity contribution < 1.29 is 9.90 Å². The molecule has 0 bridgehead atoms. The van der Waals surface area contributed by atoms with Crippen molar-refractivity contribution in [3.63, 3.8) is 0 Å². The number of hydrogen-bond acceptors (Lipinski definition) is 3. The second-order valence-corrected chi connectivity index (χ2v) is 9.29. The first-order valence-electron chi connectivity index (χ1n) is 9.64. The number of aromatic nitrogens is 2. The lowest BCUT2D eigenvalue weighted by atomic mass is 10.0. The molecule has 154 valence electrons. The average Bonchev–Trinajstić information content (AvgIpc) is 3.40. The summed E-state index contributed by atoms with van der Waals surface area (Å²) in [5.74, 6) is -0.153. The van der Waals surface area contributed by atoms with Crippen LogP contribution in [0.4, 0.5) is 0 Å². The fraction of sp³-hybridized carbons (Fsp3) is 0.0400. The van der Waals surface area contributed by atoms with Crippen LogP contribution in [0.15, 0.2) is 76.6 Å². The molecule has 2 heterocycles. The molecule has 0 unspecified atom stereocenters. The number of halogens is 1. The number of carboxylic acids is 1. The number of imidazole rings is 1. The Balaban J connectivity index is 1.78. The molecular formula is C25H19BrN2O2S. The van der Waals surface area contributed by atoms with Gasteiger partial charge in [-0.15, -0.1) is 11.3 Å². The summed E-state index contributed by atoms with van der Waals surface area (Å²) in [5.41, 5.74) is 5.77. The number of thiophene rings is 1. The molecular weight excluding hydrogens is 472 g/mol. The number of benzene rings is 2. The fourth-order valence-electron chi connectivity index (χ4n) is 3.22. The average molecular weight is 491 g/mol. The number of aliphatic carboxylic acids is 1. The van der Waals surface area contributed by atoms with Gasteiger partial charge >= 0.3 is 5.97 Å². The van der Waals surface area contributed by atoms with Crippen LogP contribution in [0.25, 0.3) is 45.4 Å². The predicted molar refractivity (Wildman–Crippen MR) is 132 cm³/mol. The highest BCUT2D eigenvalue weighted by Crippen LogP contribution is 2.36. The molecule has 0 aliphatic carbocycles. The van der Waals surface area contributed by atoms with Crippen molar-refractivity contribution in [3.05, 3.63) is 87.7 Å². The Kier molecular flexibility index (Phi) is 6.30. The van der Waals surface area contributed by atoms with Crippen molar-refractivity contribution in [2.24, 2.45) is 0 Å². The van der Waals surface area contributed by atoms with Gasteiger partial charge in [-0.05, 0) is 52.2 Å². The third kappa shape index (κ3) is 4.93. The van der Waals surface area contributed by atoms with Crippen LogP contribution in [-0.2, 0) is 4.79 Å². The van der Waals surface area contributed by atoms with E-state index in [9.17, 15) is 4.79 Å². The van der Waals surface area contributed by atoms with Gasteiger partial charge < -0.3 is 10.1 Å². The Morgan fingerprint density at radius 2 is 1.61 bits per heavy atom. The van der Waals surface area contributed by atoms with Gasteiger partial charge in [0.2, 0.25) is 0 Å². The summed E-state index contributed by atoms with van der Waals surface area (Å²) >= 11 is 5.15. The van der Waals surface area contributed by atoms with Gasteiger partial charge in [-0.2, -0.15) is 0 Å². The number of rotatable bonds is 6. The van der Waals surface area contributed by atoms with Crippen molar-refractivity contribution in [3.8, 4) is 33.2 Å². The van der Waals surface area contributed by atoms with Crippen LogP contribution < -0.4 is 0 Å². The van der Waals surface area contributed by atoms with Crippen molar-refractivity contribution >= 4 is 45.4 Å². The number of nitrogens with zero attached hydrogens (tertiary/aromatic N) is 1. The van der Waals surface area contributed by atoms with Crippen LogP contribution in [0.3, 0.4) is 0 Å². The van der Waals surface area contributed by atoms with Gasteiger partial charge in [0.15, 0.2) is 0 Å². The standard InChI is InChI=1S/C25H19BrN2O2S/c1-2-3-16-4-9-18(10-5-16)23-24(28-25(27-23)20-13-14-21(26)31-20)19-11-6-17(7-12-19)8-15-22(29)30/h2-15H,1H3,(H,27,28)(H,29,30)/b3-2+,15-8+. The molecule has 31 heavy (non-hydrogen) atoms. The maximum atomic E-state index is 10.8. The van der Waals surface area contributed by atoms with E-state index in [4.69, 9.17) is 10.1 Å². The second-order valence-electron chi connectivity index (χ2n) is 6.83. The van der Waals surface area contributed by atoms with Crippen LogP contribution >= 0.6 is 27.3 Å². The highest BCUT2D eigenvalue weighted by molar-refractivity contribution is 9.11. The monoisotopic (exact) mass is 490 g/mol. The van der Waals surface area contributed by atoms with E-state index in [1.165, 1.54) is 0 Å². The smallest absolute Gasteiger partial charge is 0.328 e. The van der Waals surface area contributed by atoms with E-state index < -0.39 is 5.97 Å². The van der Waals surface area contributed by atoms with Gasteiger partial charge in [-0.3, -0.25) is 0 Å². The van der Waals surface area contributed by atoms with Crippen LogP contribution in [0.2, 0.25) is 0 Å². The SMILES string of the molecule is C/C=C/c1ccc(-c2[nH]c(-c3ccc(Br)s3)nc2-c2ccc(/C=C/C(=O)O)cc2)cc1. The van der Waals surface area contributed by atoms with E-state index in [0.29, 0.717) is 0 Å². The van der Waals surface area contributed by atoms with E-state index in [1.807, 2.05) is 49.4 Å². The van der Waals surface area contributed by atoms with E-state index in [-0.39, 0.29) is 0 Å².